The van der Waals surface area contributed by atoms with Gasteiger partial charge in [-0.25, -0.2) is 9.59 Å². The number of aliphatic carboxylic acids is 1. The van der Waals surface area contributed by atoms with Gasteiger partial charge in [0.25, 0.3) is 0 Å². The molecule has 0 aliphatic rings. The van der Waals surface area contributed by atoms with Gasteiger partial charge in [0, 0.05) is 11.3 Å². The molecule has 1 atom stereocenters. The smallest absolute Gasteiger partial charge is 0.336 e. The number of rotatable bonds is 7. The Morgan fingerprint density at radius 2 is 1.43 bits per heavy atom. The molecular weight excluding hydrogens is 406 g/mol. The summed E-state index contributed by atoms with van der Waals surface area (Å²) in [4.78, 5) is 23.7. The number of carboxylic acids is 2. The van der Waals surface area contributed by atoms with Crippen molar-refractivity contribution >= 4 is 35.9 Å². The molecule has 1 unspecified atom stereocenters. The molecule has 30 heavy (non-hydrogen) atoms. The number of nitrogens with two attached hydrogens (primary N) is 1. The minimum absolute atomic E-state index is 0. The van der Waals surface area contributed by atoms with E-state index in [1.165, 1.54) is 6.07 Å². The molecule has 0 radical (unpaired) electrons. The minimum Gasteiger partial charge on any atom is -0.479 e. The van der Waals surface area contributed by atoms with Crippen LogP contribution in [0.4, 0.5) is 5.69 Å². The molecule has 3 aromatic carbocycles. The van der Waals surface area contributed by atoms with Crippen LogP contribution in [-0.4, -0.2) is 28.0 Å². The van der Waals surface area contributed by atoms with Gasteiger partial charge in [0.15, 0.2) is 6.04 Å². The highest BCUT2D eigenvalue weighted by Crippen LogP contribution is 2.32. The molecular formula is C22H20ClN3O4. The van der Waals surface area contributed by atoms with Gasteiger partial charge in [-0.15, -0.1) is 12.4 Å². The first kappa shape index (κ1) is 22.4. The van der Waals surface area contributed by atoms with E-state index in [1.807, 2.05) is 0 Å². The Morgan fingerprint density at radius 3 is 2.00 bits per heavy atom. The van der Waals surface area contributed by atoms with Crippen molar-refractivity contribution in [3.63, 3.8) is 0 Å². The Hall–Kier alpha value is -3.84. The number of carboxylic acid groups (broad SMARTS) is 2. The maximum atomic E-state index is 12.0. The van der Waals surface area contributed by atoms with Crippen molar-refractivity contribution in [2.45, 2.75) is 6.04 Å². The van der Waals surface area contributed by atoms with Gasteiger partial charge in [-0.2, -0.15) is 0 Å². The molecule has 7 nitrogen and oxygen atoms in total. The van der Waals surface area contributed by atoms with Crippen molar-refractivity contribution in [3.8, 4) is 11.1 Å². The fourth-order valence-corrected chi connectivity index (χ4v) is 3.08. The standard InChI is InChI=1S/C22H19N3O4.ClH/c23-20(24)13-9-11-14(12-10-13)25-19(22(28)29)17-7-3-1-5-15(17)16-6-2-4-8-18(16)21(26)27;/h1-12,19,25H,(H3,23,24)(H,26,27)(H,28,29);1H. The summed E-state index contributed by atoms with van der Waals surface area (Å²) in [5.41, 5.74) is 7.99. The third-order valence-corrected chi connectivity index (χ3v) is 4.47. The number of halogens is 1. The van der Waals surface area contributed by atoms with E-state index in [2.05, 4.69) is 5.32 Å². The van der Waals surface area contributed by atoms with Crippen LogP contribution in [-0.2, 0) is 4.79 Å². The Bertz CT molecular complexity index is 1080. The average Bonchev–Trinajstić information content (AvgIpc) is 2.72. The molecule has 0 saturated carbocycles. The van der Waals surface area contributed by atoms with Crippen LogP contribution < -0.4 is 11.1 Å². The summed E-state index contributed by atoms with van der Waals surface area (Å²) in [5.74, 6) is -2.28. The lowest BCUT2D eigenvalue weighted by atomic mass is 9.91. The molecule has 6 N–H and O–H groups in total. The number of nitrogens with one attached hydrogen (secondary N) is 2. The second kappa shape index (κ2) is 9.58. The van der Waals surface area contributed by atoms with Crippen LogP contribution in [0.5, 0.6) is 0 Å². The van der Waals surface area contributed by atoms with E-state index in [4.69, 9.17) is 11.1 Å². The second-order valence-electron chi connectivity index (χ2n) is 6.34. The summed E-state index contributed by atoms with van der Waals surface area (Å²) in [5, 5.41) is 29.8. The molecule has 0 heterocycles. The van der Waals surface area contributed by atoms with Gasteiger partial charge in [0.05, 0.1) is 5.56 Å². The lowest BCUT2D eigenvalue weighted by molar-refractivity contribution is -0.138. The molecule has 0 aliphatic carbocycles. The van der Waals surface area contributed by atoms with E-state index in [0.717, 1.165) is 0 Å². The lowest BCUT2D eigenvalue weighted by Crippen LogP contribution is -2.21. The first-order valence-electron chi connectivity index (χ1n) is 8.74. The fourth-order valence-electron chi connectivity index (χ4n) is 3.08. The normalized spacial score (nSPS) is 11.1. The first-order chi connectivity index (χ1) is 13.9. The zero-order chi connectivity index (χ0) is 21.0. The zero-order valence-corrected chi connectivity index (χ0v) is 16.5. The summed E-state index contributed by atoms with van der Waals surface area (Å²) in [6.45, 7) is 0. The van der Waals surface area contributed by atoms with E-state index in [0.29, 0.717) is 27.9 Å². The van der Waals surface area contributed by atoms with Crippen LogP contribution in [0.1, 0.15) is 27.5 Å². The predicted octanol–water partition coefficient (Wildman–Crippen LogP) is 4.00. The topological polar surface area (TPSA) is 136 Å². The van der Waals surface area contributed by atoms with Gasteiger partial charge in [-0.1, -0.05) is 42.5 Å². The average molecular weight is 426 g/mol. The van der Waals surface area contributed by atoms with Crippen LogP contribution in [0.2, 0.25) is 0 Å². The summed E-state index contributed by atoms with van der Waals surface area (Å²) in [6.07, 6.45) is 0. The number of hydrogen-bond donors (Lipinski definition) is 5. The maximum absolute atomic E-state index is 12.0. The number of nitrogen functional groups attached to an aromatic ring is 1. The SMILES string of the molecule is Cl.N=C(N)c1ccc(NC(C(=O)O)c2ccccc2-c2ccccc2C(=O)O)cc1. The van der Waals surface area contributed by atoms with Crippen LogP contribution in [0.15, 0.2) is 72.8 Å². The van der Waals surface area contributed by atoms with Crippen molar-refractivity contribution in [1.29, 1.82) is 5.41 Å². The number of hydrogen-bond acceptors (Lipinski definition) is 4. The Morgan fingerprint density at radius 1 is 0.867 bits per heavy atom. The first-order valence-corrected chi connectivity index (χ1v) is 8.74. The molecule has 0 aromatic heterocycles. The third-order valence-electron chi connectivity index (χ3n) is 4.47. The van der Waals surface area contributed by atoms with Crippen molar-refractivity contribution in [3.05, 3.63) is 89.5 Å². The van der Waals surface area contributed by atoms with E-state index in [-0.39, 0.29) is 23.8 Å². The van der Waals surface area contributed by atoms with E-state index in [1.54, 1.807) is 66.7 Å². The number of benzene rings is 3. The summed E-state index contributed by atoms with van der Waals surface area (Å²) >= 11 is 0. The molecule has 8 heteroatoms. The van der Waals surface area contributed by atoms with Gasteiger partial charge in [-0.3, -0.25) is 5.41 Å². The highest BCUT2D eigenvalue weighted by molar-refractivity contribution is 5.97. The number of anilines is 1. The third kappa shape index (κ3) is 4.76. The summed E-state index contributed by atoms with van der Waals surface area (Å²) in [6, 6.07) is 18.7. The van der Waals surface area contributed by atoms with Crippen LogP contribution in [0, 0.1) is 5.41 Å². The Labute approximate surface area is 179 Å². The highest BCUT2D eigenvalue weighted by Gasteiger charge is 2.24. The molecule has 3 aromatic rings. The van der Waals surface area contributed by atoms with E-state index < -0.39 is 18.0 Å². The summed E-state index contributed by atoms with van der Waals surface area (Å²) in [7, 11) is 0. The molecule has 3 rings (SSSR count). The minimum atomic E-state index is -1.11. The molecule has 0 amide bonds. The highest BCUT2D eigenvalue weighted by atomic mass is 35.5. The summed E-state index contributed by atoms with van der Waals surface area (Å²) < 4.78 is 0. The van der Waals surface area contributed by atoms with Gasteiger partial charge in [0.2, 0.25) is 0 Å². The van der Waals surface area contributed by atoms with Crippen LogP contribution in [0.3, 0.4) is 0 Å². The largest absolute Gasteiger partial charge is 0.479 e. The lowest BCUT2D eigenvalue weighted by Gasteiger charge is -2.20. The second-order valence-corrected chi connectivity index (χ2v) is 6.34. The molecule has 0 saturated heterocycles. The quantitative estimate of drug-likeness (QED) is 0.286. The number of carbonyl (C=O) groups is 2. The maximum Gasteiger partial charge on any atom is 0.336 e. The van der Waals surface area contributed by atoms with Crippen molar-refractivity contribution in [1.82, 2.24) is 0 Å². The van der Waals surface area contributed by atoms with Gasteiger partial charge < -0.3 is 21.3 Å². The predicted molar refractivity (Wildman–Crippen MR) is 118 cm³/mol. The molecule has 0 spiro atoms. The zero-order valence-electron chi connectivity index (χ0n) is 15.7. The van der Waals surface area contributed by atoms with Gasteiger partial charge in [-0.05, 0) is 47.0 Å². The van der Waals surface area contributed by atoms with Crippen LogP contribution >= 0.6 is 12.4 Å². The van der Waals surface area contributed by atoms with Crippen molar-refractivity contribution in [2.75, 3.05) is 5.32 Å². The van der Waals surface area contributed by atoms with Crippen molar-refractivity contribution in [2.24, 2.45) is 5.73 Å². The Kier molecular flexibility index (Phi) is 7.17. The van der Waals surface area contributed by atoms with Gasteiger partial charge >= 0.3 is 11.9 Å². The fraction of sp³-hybridized carbons (Fsp3) is 0.0455. The van der Waals surface area contributed by atoms with E-state index >= 15 is 0 Å². The Balaban J connectivity index is 0.00000320. The van der Waals surface area contributed by atoms with Crippen LogP contribution in [0.25, 0.3) is 11.1 Å². The molecule has 0 bridgehead atoms. The van der Waals surface area contributed by atoms with Crippen molar-refractivity contribution < 1.29 is 19.8 Å². The number of aromatic carboxylic acids is 1. The number of amidine groups is 1. The molecule has 154 valence electrons. The van der Waals surface area contributed by atoms with Gasteiger partial charge in [0.1, 0.15) is 5.84 Å². The monoisotopic (exact) mass is 425 g/mol. The van der Waals surface area contributed by atoms with E-state index in [9.17, 15) is 19.8 Å². The molecule has 0 aliphatic heterocycles. The molecule has 0 fully saturated rings.